The van der Waals surface area contributed by atoms with Gasteiger partial charge in [0.1, 0.15) is 4.83 Å². The average Bonchev–Trinajstić information content (AvgIpc) is 3.30. The molecule has 1 atom stereocenters. The summed E-state index contributed by atoms with van der Waals surface area (Å²) >= 11 is 13.5. The summed E-state index contributed by atoms with van der Waals surface area (Å²) in [5.41, 5.74) is 8.03. The number of ether oxygens (including phenoxy) is 1. The summed E-state index contributed by atoms with van der Waals surface area (Å²) in [7, 11) is 0. The van der Waals surface area contributed by atoms with Crippen LogP contribution < -0.4 is 11.1 Å². The predicted molar refractivity (Wildman–Crippen MR) is 115 cm³/mol. The zero-order valence-corrected chi connectivity index (χ0v) is 17.4. The molecule has 0 aliphatic carbocycles. The number of nitrogens with zero attached hydrogens (tertiary/aromatic N) is 2. The van der Waals surface area contributed by atoms with Gasteiger partial charge in [0.15, 0.2) is 5.78 Å². The molecule has 28 heavy (non-hydrogen) atoms. The molecule has 0 amide bonds. The molecule has 1 aromatic carbocycles. The molecule has 3 N–H and O–H groups in total. The third-order valence-electron chi connectivity index (χ3n) is 4.61. The summed E-state index contributed by atoms with van der Waals surface area (Å²) in [6.07, 6.45) is 2.22. The number of hydrogen-bond donors (Lipinski definition) is 2. The van der Waals surface area contributed by atoms with Gasteiger partial charge in [-0.1, -0.05) is 29.3 Å². The van der Waals surface area contributed by atoms with Crippen LogP contribution in [0, 0.1) is 0 Å². The van der Waals surface area contributed by atoms with Gasteiger partial charge in [0, 0.05) is 25.6 Å². The van der Waals surface area contributed by atoms with Crippen LogP contribution in [0.15, 0.2) is 18.2 Å². The number of Topliss-reactive ketones (excluding diaryl/α,β-unsaturated/α-hetero) is 1. The van der Waals surface area contributed by atoms with Crippen LogP contribution in [0.5, 0.6) is 0 Å². The van der Waals surface area contributed by atoms with E-state index < -0.39 is 0 Å². The lowest BCUT2D eigenvalue weighted by Gasteiger charge is -2.12. The molecule has 1 aliphatic heterocycles. The highest BCUT2D eigenvalue weighted by Gasteiger charge is 2.22. The van der Waals surface area contributed by atoms with Crippen molar-refractivity contribution in [1.29, 1.82) is 0 Å². The van der Waals surface area contributed by atoms with E-state index in [9.17, 15) is 4.79 Å². The molecule has 9 heteroatoms. The molecule has 1 unspecified atom stereocenters. The zero-order chi connectivity index (χ0) is 19.8. The van der Waals surface area contributed by atoms with Crippen molar-refractivity contribution >= 4 is 62.2 Å². The molecule has 1 aliphatic rings. The highest BCUT2D eigenvalue weighted by molar-refractivity contribution is 7.21. The van der Waals surface area contributed by atoms with Crippen LogP contribution in [0.2, 0.25) is 10.0 Å². The molecule has 0 bridgehead atoms. The molecule has 1 saturated heterocycles. The summed E-state index contributed by atoms with van der Waals surface area (Å²) in [6.45, 7) is 2.89. The standard InChI is InChI=1S/C19H18Cl2N4O2S/c1-9(26)17-15(22)14-16(10-4-5-12(20)13(21)7-10)24-19(25-18(14)28-17)23-8-11-3-2-6-27-11/h4-5,7,11H,2-3,6,8,22H2,1H3,(H,23,24,25). The maximum Gasteiger partial charge on any atom is 0.224 e. The first-order valence-electron chi connectivity index (χ1n) is 8.86. The summed E-state index contributed by atoms with van der Waals surface area (Å²) in [5, 5.41) is 4.77. The number of ketones is 1. The Balaban J connectivity index is 1.83. The summed E-state index contributed by atoms with van der Waals surface area (Å²) in [6, 6.07) is 5.27. The lowest BCUT2D eigenvalue weighted by atomic mass is 10.1. The zero-order valence-electron chi connectivity index (χ0n) is 15.1. The van der Waals surface area contributed by atoms with E-state index in [1.54, 1.807) is 12.1 Å². The molecular formula is C19H18Cl2N4O2S. The Labute approximate surface area is 176 Å². The first-order valence-corrected chi connectivity index (χ1v) is 10.4. The molecule has 0 radical (unpaired) electrons. The number of anilines is 2. The second kappa shape index (κ2) is 7.83. The van der Waals surface area contributed by atoms with E-state index in [0.29, 0.717) is 49.0 Å². The van der Waals surface area contributed by atoms with Crippen molar-refractivity contribution in [3.8, 4) is 11.3 Å². The second-order valence-corrected chi connectivity index (χ2v) is 8.44. The number of nitrogen functional groups attached to an aromatic ring is 1. The number of halogens is 2. The minimum atomic E-state index is -0.102. The first kappa shape index (κ1) is 19.4. The number of carbonyl (C=O) groups excluding carboxylic acids is 1. The molecular weight excluding hydrogens is 419 g/mol. The molecule has 0 spiro atoms. The van der Waals surface area contributed by atoms with E-state index in [2.05, 4.69) is 15.3 Å². The Kier molecular flexibility index (Phi) is 5.42. The van der Waals surface area contributed by atoms with Gasteiger partial charge in [0.25, 0.3) is 0 Å². The normalized spacial score (nSPS) is 16.6. The van der Waals surface area contributed by atoms with Gasteiger partial charge in [-0.05, 0) is 25.0 Å². The van der Waals surface area contributed by atoms with E-state index in [4.69, 9.17) is 33.7 Å². The fraction of sp³-hybridized carbons (Fsp3) is 0.316. The maximum absolute atomic E-state index is 12.0. The van der Waals surface area contributed by atoms with Gasteiger partial charge in [-0.3, -0.25) is 4.79 Å². The fourth-order valence-corrected chi connectivity index (χ4v) is 4.51. The van der Waals surface area contributed by atoms with Crippen LogP contribution in [0.3, 0.4) is 0 Å². The van der Waals surface area contributed by atoms with Crippen LogP contribution in [-0.2, 0) is 4.74 Å². The Morgan fingerprint density at radius 2 is 2.18 bits per heavy atom. The van der Waals surface area contributed by atoms with E-state index in [1.165, 1.54) is 18.3 Å². The Hall–Kier alpha value is -1.93. The number of aromatic nitrogens is 2. The second-order valence-electron chi connectivity index (χ2n) is 6.62. The lowest BCUT2D eigenvalue weighted by Crippen LogP contribution is -2.19. The van der Waals surface area contributed by atoms with Crippen molar-refractivity contribution in [3.05, 3.63) is 33.1 Å². The van der Waals surface area contributed by atoms with Crippen LogP contribution in [0.1, 0.15) is 29.4 Å². The topological polar surface area (TPSA) is 90.1 Å². The lowest BCUT2D eigenvalue weighted by molar-refractivity contribution is 0.102. The minimum Gasteiger partial charge on any atom is -0.397 e. The number of nitrogens with two attached hydrogens (primary N) is 1. The van der Waals surface area contributed by atoms with Gasteiger partial charge in [-0.25, -0.2) is 9.97 Å². The van der Waals surface area contributed by atoms with Crippen molar-refractivity contribution in [2.45, 2.75) is 25.9 Å². The molecule has 0 saturated carbocycles. The van der Waals surface area contributed by atoms with Crippen molar-refractivity contribution in [2.75, 3.05) is 24.2 Å². The fourth-order valence-electron chi connectivity index (χ4n) is 3.23. The van der Waals surface area contributed by atoms with E-state index in [0.717, 1.165) is 25.0 Å². The maximum atomic E-state index is 12.0. The molecule has 3 heterocycles. The third-order valence-corrected chi connectivity index (χ3v) is 6.55. The van der Waals surface area contributed by atoms with E-state index >= 15 is 0 Å². The van der Waals surface area contributed by atoms with Crippen molar-refractivity contribution < 1.29 is 9.53 Å². The van der Waals surface area contributed by atoms with Crippen LogP contribution in [0.25, 0.3) is 21.5 Å². The molecule has 1 fully saturated rings. The van der Waals surface area contributed by atoms with Gasteiger partial charge < -0.3 is 15.8 Å². The quantitative estimate of drug-likeness (QED) is 0.544. The average molecular weight is 437 g/mol. The molecule has 4 rings (SSSR count). The third kappa shape index (κ3) is 3.67. The highest BCUT2D eigenvalue weighted by atomic mass is 35.5. The summed E-state index contributed by atoms with van der Waals surface area (Å²) in [4.78, 5) is 22.3. The number of carbonyl (C=O) groups is 1. The van der Waals surface area contributed by atoms with Gasteiger partial charge in [0.05, 0.1) is 37.8 Å². The first-order chi connectivity index (χ1) is 13.4. The Morgan fingerprint density at radius 1 is 1.36 bits per heavy atom. The van der Waals surface area contributed by atoms with Crippen molar-refractivity contribution in [3.63, 3.8) is 0 Å². The highest BCUT2D eigenvalue weighted by Crippen LogP contribution is 2.40. The number of hydrogen-bond acceptors (Lipinski definition) is 7. The Bertz CT molecular complexity index is 1060. The van der Waals surface area contributed by atoms with E-state index in [-0.39, 0.29) is 11.9 Å². The molecule has 3 aromatic rings. The summed E-state index contributed by atoms with van der Waals surface area (Å²) < 4.78 is 5.65. The largest absolute Gasteiger partial charge is 0.397 e. The van der Waals surface area contributed by atoms with Gasteiger partial charge in [-0.15, -0.1) is 11.3 Å². The van der Waals surface area contributed by atoms with Crippen molar-refractivity contribution in [1.82, 2.24) is 9.97 Å². The number of thiophene rings is 1. The minimum absolute atomic E-state index is 0.102. The van der Waals surface area contributed by atoms with E-state index in [1.807, 2.05) is 6.07 Å². The monoisotopic (exact) mass is 436 g/mol. The molecule has 6 nitrogen and oxygen atoms in total. The smallest absolute Gasteiger partial charge is 0.224 e. The number of nitrogens with one attached hydrogen (secondary N) is 1. The molecule has 2 aromatic heterocycles. The van der Waals surface area contributed by atoms with Gasteiger partial charge in [-0.2, -0.15) is 0 Å². The van der Waals surface area contributed by atoms with Crippen LogP contribution in [0.4, 0.5) is 11.6 Å². The summed E-state index contributed by atoms with van der Waals surface area (Å²) in [5.74, 6) is 0.356. The number of rotatable bonds is 5. The SMILES string of the molecule is CC(=O)c1sc2nc(NCC3CCCO3)nc(-c3ccc(Cl)c(Cl)c3)c2c1N. The van der Waals surface area contributed by atoms with Crippen molar-refractivity contribution in [2.24, 2.45) is 0 Å². The van der Waals surface area contributed by atoms with Crippen LogP contribution in [-0.4, -0.2) is 35.0 Å². The predicted octanol–water partition coefficient (Wildman–Crippen LogP) is 5.04. The van der Waals surface area contributed by atoms with Crippen LogP contribution >= 0.6 is 34.5 Å². The molecule has 146 valence electrons. The number of benzene rings is 1. The Morgan fingerprint density at radius 3 is 2.86 bits per heavy atom. The van der Waals surface area contributed by atoms with Gasteiger partial charge >= 0.3 is 0 Å². The van der Waals surface area contributed by atoms with Gasteiger partial charge in [0.2, 0.25) is 5.95 Å². The number of fused-ring (bicyclic) bond motifs is 1.